The van der Waals surface area contributed by atoms with Crippen LogP contribution >= 0.6 is 0 Å². The number of hydrogen-bond acceptors (Lipinski definition) is 2. The smallest absolute Gasteiger partial charge is 0.147 e. The van der Waals surface area contributed by atoms with E-state index in [1.165, 1.54) is 19.1 Å². The topological polar surface area (TPSA) is 39.9 Å². The molecule has 1 heterocycles. The van der Waals surface area contributed by atoms with Gasteiger partial charge in [-0.25, -0.2) is 8.78 Å². The fourth-order valence-corrected chi connectivity index (χ4v) is 2.50. The SMILES string of the molecule is CNCc1c[nH]c2cc(Nc3cc(F)c(C)cc3F)ccc12. The Bertz CT molecular complexity index is 824. The minimum atomic E-state index is -0.471. The fraction of sp³-hybridized carbons (Fsp3) is 0.176. The lowest BCUT2D eigenvalue weighted by molar-refractivity contribution is 0.595. The average molecular weight is 301 g/mol. The van der Waals surface area contributed by atoms with Gasteiger partial charge in [0.25, 0.3) is 0 Å². The second kappa shape index (κ2) is 5.77. The van der Waals surface area contributed by atoms with E-state index in [9.17, 15) is 8.78 Å². The minimum absolute atomic E-state index is 0.129. The Kier molecular flexibility index (Phi) is 3.81. The summed E-state index contributed by atoms with van der Waals surface area (Å²) >= 11 is 0. The van der Waals surface area contributed by atoms with Crippen molar-refractivity contribution in [3.8, 4) is 0 Å². The first-order valence-corrected chi connectivity index (χ1v) is 7.06. The van der Waals surface area contributed by atoms with E-state index < -0.39 is 11.6 Å². The van der Waals surface area contributed by atoms with Crippen molar-refractivity contribution in [3.05, 3.63) is 59.3 Å². The maximum atomic E-state index is 13.9. The highest BCUT2D eigenvalue weighted by Crippen LogP contribution is 2.26. The molecule has 3 N–H and O–H groups in total. The van der Waals surface area contributed by atoms with Crippen LogP contribution in [0.3, 0.4) is 0 Å². The second-order valence-corrected chi connectivity index (χ2v) is 5.31. The molecule has 0 aliphatic heterocycles. The Hall–Kier alpha value is -2.40. The van der Waals surface area contributed by atoms with Crippen molar-refractivity contribution in [1.82, 2.24) is 10.3 Å². The first kappa shape index (κ1) is 14.5. The van der Waals surface area contributed by atoms with E-state index in [0.717, 1.165) is 23.0 Å². The molecule has 0 atom stereocenters. The van der Waals surface area contributed by atoms with Gasteiger partial charge in [-0.2, -0.15) is 0 Å². The van der Waals surface area contributed by atoms with Gasteiger partial charge in [-0.1, -0.05) is 6.07 Å². The van der Waals surface area contributed by atoms with Crippen molar-refractivity contribution in [2.24, 2.45) is 0 Å². The Morgan fingerprint density at radius 1 is 1.09 bits per heavy atom. The summed E-state index contributed by atoms with van der Waals surface area (Å²) in [6, 6.07) is 8.06. The van der Waals surface area contributed by atoms with Crippen LogP contribution in [0, 0.1) is 18.6 Å². The Morgan fingerprint density at radius 3 is 2.68 bits per heavy atom. The molecule has 5 heteroatoms. The van der Waals surface area contributed by atoms with Gasteiger partial charge in [-0.3, -0.25) is 0 Å². The highest BCUT2D eigenvalue weighted by Gasteiger charge is 2.09. The number of benzene rings is 2. The Labute approximate surface area is 127 Å². The van der Waals surface area contributed by atoms with Gasteiger partial charge in [-0.05, 0) is 43.3 Å². The van der Waals surface area contributed by atoms with Crippen LogP contribution in [0.15, 0.2) is 36.5 Å². The molecule has 3 rings (SSSR count). The van der Waals surface area contributed by atoms with Gasteiger partial charge < -0.3 is 15.6 Å². The molecule has 0 unspecified atom stereocenters. The molecule has 0 aliphatic carbocycles. The maximum Gasteiger partial charge on any atom is 0.147 e. The Balaban J connectivity index is 1.93. The number of fused-ring (bicyclic) bond motifs is 1. The molecule has 3 nitrogen and oxygen atoms in total. The molecule has 0 spiro atoms. The molecule has 0 bridgehead atoms. The maximum absolute atomic E-state index is 13.9. The van der Waals surface area contributed by atoms with Crippen LogP contribution in [0.4, 0.5) is 20.2 Å². The summed E-state index contributed by atoms with van der Waals surface area (Å²) in [6.45, 7) is 2.31. The molecule has 1 aromatic heterocycles. The van der Waals surface area contributed by atoms with Crippen LogP contribution in [-0.4, -0.2) is 12.0 Å². The standard InChI is InChI=1S/C17H17F2N3/c1-10-5-15(19)17(7-14(10)18)22-12-3-4-13-11(8-20-2)9-21-16(13)6-12/h3-7,9,20-22H,8H2,1-2H3. The summed E-state index contributed by atoms with van der Waals surface area (Å²) < 4.78 is 27.5. The predicted molar refractivity (Wildman–Crippen MR) is 85.4 cm³/mol. The highest BCUT2D eigenvalue weighted by molar-refractivity contribution is 5.87. The number of aryl methyl sites for hydroxylation is 1. The number of aromatic amines is 1. The number of H-pyrrole nitrogens is 1. The summed E-state index contributed by atoms with van der Waals surface area (Å²) in [7, 11) is 1.89. The lowest BCUT2D eigenvalue weighted by Crippen LogP contribution is -2.03. The average Bonchev–Trinajstić information content (AvgIpc) is 2.88. The number of rotatable bonds is 4. The molecule has 3 aromatic rings. The zero-order chi connectivity index (χ0) is 15.7. The predicted octanol–water partition coefficient (Wildman–Crippen LogP) is 4.22. The van der Waals surface area contributed by atoms with Crippen molar-refractivity contribution in [2.45, 2.75) is 13.5 Å². The summed E-state index contributed by atoms with van der Waals surface area (Å²) in [6.07, 6.45) is 1.94. The van der Waals surface area contributed by atoms with Gasteiger partial charge in [0.05, 0.1) is 5.69 Å². The van der Waals surface area contributed by atoms with E-state index in [0.29, 0.717) is 11.3 Å². The third-order valence-electron chi connectivity index (χ3n) is 3.66. The number of anilines is 2. The zero-order valence-electron chi connectivity index (χ0n) is 12.4. The molecule has 0 amide bonds. The fourth-order valence-electron chi connectivity index (χ4n) is 2.50. The lowest BCUT2D eigenvalue weighted by atomic mass is 10.1. The monoisotopic (exact) mass is 301 g/mol. The van der Waals surface area contributed by atoms with Gasteiger partial charge in [0.15, 0.2) is 0 Å². The van der Waals surface area contributed by atoms with Gasteiger partial charge in [0, 0.05) is 35.4 Å². The van der Waals surface area contributed by atoms with Gasteiger partial charge in [0.1, 0.15) is 11.6 Å². The van der Waals surface area contributed by atoms with E-state index in [2.05, 4.69) is 15.6 Å². The van der Waals surface area contributed by atoms with Crippen molar-refractivity contribution < 1.29 is 8.78 Å². The van der Waals surface area contributed by atoms with Crippen molar-refractivity contribution >= 4 is 22.3 Å². The van der Waals surface area contributed by atoms with E-state index >= 15 is 0 Å². The lowest BCUT2D eigenvalue weighted by Gasteiger charge is -2.09. The van der Waals surface area contributed by atoms with Crippen LogP contribution < -0.4 is 10.6 Å². The molecule has 0 fully saturated rings. The zero-order valence-corrected chi connectivity index (χ0v) is 12.4. The quantitative estimate of drug-likeness (QED) is 0.675. The molecule has 114 valence electrons. The normalized spacial score (nSPS) is 11.1. The summed E-state index contributed by atoms with van der Waals surface area (Å²) in [5.74, 6) is -0.900. The Morgan fingerprint density at radius 2 is 1.91 bits per heavy atom. The third kappa shape index (κ3) is 2.67. The van der Waals surface area contributed by atoms with Crippen LogP contribution in [0.25, 0.3) is 10.9 Å². The molecule has 0 saturated heterocycles. The van der Waals surface area contributed by atoms with Crippen LogP contribution in [0.2, 0.25) is 0 Å². The number of aromatic nitrogens is 1. The van der Waals surface area contributed by atoms with E-state index in [4.69, 9.17) is 0 Å². The van der Waals surface area contributed by atoms with Gasteiger partial charge in [-0.15, -0.1) is 0 Å². The first-order valence-electron chi connectivity index (χ1n) is 7.06. The first-order chi connectivity index (χ1) is 10.6. The molecule has 0 aliphatic rings. The van der Waals surface area contributed by atoms with Crippen LogP contribution in [-0.2, 0) is 6.54 Å². The summed E-state index contributed by atoms with van der Waals surface area (Å²) in [4.78, 5) is 3.19. The summed E-state index contributed by atoms with van der Waals surface area (Å²) in [5, 5.41) is 7.14. The molecule has 0 radical (unpaired) electrons. The number of hydrogen-bond donors (Lipinski definition) is 3. The summed E-state index contributed by atoms with van der Waals surface area (Å²) in [5.41, 5.74) is 3.23. The molecular formula is C17H17F2N3. The number of nitrogens with one attached hydrogen (secondary N) is 3. The number of halogens is 2. The second-order valence-electron chi connectivity index (χ2n) is 5.31. The van der Waals surface area contributed by atoms with Crippen LogP contribution in [0.5, 0.6) is 0 Å². The van der Waals surface area contributed by atoms with Crippen LogP contribution in [0.1, 0.15) is 11.1 Å². The van der Waals surface area contributed by atoms with Gasteiger partial charge in [0.2, 0.25) is 0 Å². The molecule has 22 heavy (non-hydrogen) atoms. The molecule has 2 aromatic carbocycles. The van der Waals surface area contributed by atoms with Crippen molar-refractivity contribution in [2.75, 3.05) is 12.4 Å². The third-order valence-corrected chi connectivity index (χ3v) is 3.66. The van der Waals surface area contributed by atoms with Crippen molar-refractivity contribution in [3.63, 3.8) is 0 Å². The van der Waals surface area contributed by atoms with Gasteiger partial charge >= 0.3 is 0 Å². The van der Waals surface area contributed by atoms with E-state index in [1.54, 1.807) is 0 Å². The largest absolute Gasteiger partial charge is 0.361 e. The highest BCUT2D eigenvalue weighted by atomic mass is 19.1. The minimum Gasteiger partial charge on any atom is -0.361 e. The molecule has 0 saturated carbocycles. The van der Waals surface area contributed by atoms with Crippen molar-refractivity contribution in [1.29, 1.82) is 0 Å². The van der Waals surface area contributed by atoms with E-state index in [1.807, 2.05) is 31.4 Å². The van der Waals surface area contributed by atoms with E-state index in [-0.39, 0.29) is 5.69 Å². The molecular weight excluding hydrogens is 284 g/mol.